The summed E-state index contributed by atoms with van der Waals surface area (Å²) in [5.74, 6) is -0.549. The first-order valence-electron chi connectivity index (χ1n) is 8.64. The molecular weight excluding hydrogens is 324 g/mol. The minimum atomic E-state index is -1.19. The van der Waals surface area contributed by atoms with Crippen molar-refractivity contribution in [2.24, 2.45) is 5.92 Å². The van der Waals surface area contributed by atoms with Crippen molar-refractivity contribution in [1.82, 2.24) is 10.3 Å². The van der Waals surface area contributed by atoms with Crippen LogP contribution < -0.4 is 10.1 Å². The highest BCUT2D eigenvalue weighted by Crippen LogP contribution is 2.34. The minimum Gasteiger partial charge on any atom is -0.480 e. The number of aliphatic carboxylic acids is 1. The van der Waals surface area contributed by atoms with Crippen LogP contribution in [-0.4, -0.2) is 47.8 Å². The first-order chi connectivity index (χ1) is 12.0. The van der Waals surface area contributed by atoms with Gasteiger partial charge in [0.25, 0.3) is 5.91 Å². The van der Waals surface area contributed by atoms with Gasteiger partial charge in [-0.25, -0.2) is 9.78 Å². The molecule has 0 unspecified atom stereocenters. The van der Waals surface area contributed by atoms with E-state index < -0.39 is 17.4 Å². The molecule has 138 valence electrons. The van der Waals surface area contributed by atoms with Crippen LogP contribution in [0.25, 0.3) is 0 Å². The molecule has 2 rings (SSSR count). The number of methoxy groups -OCH3 is 1. The van der Waals surface area contributed by atoms with E-state index in [1.807, 2.05) is 0 Å². The quantitative estimate of drug-likeness (QED) is 0.698. The van der Waals surface area contributed by atoms with E-state index in [0.717, 1.165) is 19.3 Å². The topological polar surface area (TPSA) is 97.8 Å². The Balaban J connectivity index is 2.06. The van der Waals surface area contributed by atoms with Crippen LogP contribution in [0.5, 0.6) is 5.88 Å². The molecule has 1 heterocycles. The Morgan fingerprint density at radius 2 is 2.08 bits per heavy atom. The number of pyridine rings is 1. The zero-order valence-electron chi connectivity index (χ0n) is 14.8. The summed E-state index contributed by atoms with van der Waals surface area (Å²) in [5, 5.41) is 12.4. The van der Waals surface area contributed by atoms with Crippen LogP contribution in [-0.2, 0) is 9.53 Å². The SMILES string of the molecule is CCC1CCC(NC(=O)c2ccnc(OCCOC)c2)(C(=O)O)CC1. The van der Waals surface area contributed by atoms with Gasteiger partial charge in [-0.2, -0.15) is 0 Å². The number of ether oxygens (including phenoxy) is 2. The maximum atomic E-state index is 12.6. The van der Waals surface area contributed by atoms with E-state index in [2.05, 4.69) is 17.2 Å². The van der Waals surface area contributed by atoms with Crippen LogP contribution in [0.15, 0.2) is 18.3 Å². The largest absolute Gasteiger partial charge is 0.480 e. The van der Waals surface area contributed by atoms with Crippen LogP contribution >= 0.6 is 0 Å². The van der Waals surface area contributed by atoms with E-state index in [9.17, 15) is 14.7 Å². The van der Waals surface area contributed by atoms with Gasteiger partial charge in [-0.05, 0) is 37.7 Å². The van der Waals surface area contributed by atoms with E-state index in [0.29, 0.717) is 43.4 Å². The zero-order chi connectivity index (χ0) is 18.3. The van der Waals surface area contributed by atoms with E-state index in [4.69, 9.17) is 9.47 Å². The zero-order valence-corrected chi connectivity index (χ0v) is 14.8. The normalized spacial score (nSPS) is 23.0. The molecule has 0 bridgehead atoms. The molecule has 0 radical (unpaired) electrons. The number of nitrogens with one attached hydrogen (secondary N) is 1. The third-order valence-electron chi connectivity index (χ3n) is 4.83. The molecule has 0 spiro atoms. The average Bonchev–Trinajstić information content (AvgIpc) is 2.62. The molecule has 1 aromatic rings. The first kappa shape index (κ1) is 19.2. The van der Waals surface area contributed by atoms with Crippen LogP contribution in [0, 0.1) is 5.92 Å². The van der Waals surface area contributed by atoms with Crippen molar-refractivity contribution in [2.45, 2.75) is 44.6 Å². The molecule has 7 heteroatoms. The lowest BCUT2D eigenvalue weighted by Crippen LogP contribution is -2.56. The van der Waals surface area contributed by atoms with Gasteiger partial charge >= 0.3 is 5.97 Å². The summed E-state index contributed by atoms with van der Waals surface area (Å²) in [6.07, 6.45) is 5.04. The molecule has 1 aromatic heterocycles. The van der Waals surface area contributed by atoms with E-state index in [1.165, 1.54) is 12.3 Å². The highest BCUT2D eigenvalue weighted by molar-refractivity contribution is 5.98. The molecule has 1 amide bonds. The minimum absolute atomic E-state index is 0.309. The average molecular weight is 350 g/mol. The van der Waals surface area contributed by atoms with Crippen molar-refractivity contribution >= 4 is 11.9 Å². The molecule has 0 aromatic carbocycles. The van der Waals surface area contributed by atoms with Crippen LogP contribution in [0.2, 0.25) is 0 Å². The van der Waals surface area contributed by atoms with Crippen molar-refractivity contribution in [2.75, 3.05) is 20.3 Å². The van der Waals surface area contributed by atoms with Crippen molar-refractivity contribution in [1.29, 1.82) is 0 Å². The van der Waals surface area contributed by atoms with Crippen molar-refractivity contribution in [3.63, 3.8) is 0 Å². The molecule has 2 N–H and O–H groups in total. The van der Waals surface area contributed by atoms with Gasteiger partial charge in [0, 0.05) is 24.9 Å². The van der Waals surface area contributed by atoms with Gasteiger partial charge in [-0.1, -0.05) is 13.3 Å². The number of hydrogen-bond donors (Lipinski definition) is 2. The summed E-state index contributed by atoms with van der Waals surface area (Å²) < 4.78 is 10.3. The third kappa shape index (κ3) is 4.92. The van der Waals surface area contributed by atoms with Crippen LogP contribution in [0.1, 0.15) is 49.4 Å². The van der Waals surface area contributed by atoms with Gasteiger partial charge in [0.2, 0.25) is 5.88 Å². The van der Waals surface area contributed by atoms with E-state index in [-0.39, 0.29) is 0 Å². The molecule has 1 aliphatic rings. The molecule has 1 aliphatic carbocycles. The number of rotatable bonds is 8. The summed E-state index contributed by atoms with van der Waals surface area (Å²) in [6.45, 7) is 2.85. The second kappa shape index (κ2) is 8.80. The molecular formula is C18H26N2O5. The lowest BCUT2D eigenvalue weighted by Gasteiger charge is -2.37. The van der Waals surface area contributed by atoms with Crippen molar-refractivity contribution < 1.29 is 24.2 Å². The summed E-state index contributed by atoms with van der Waals surface area (Å²) in [5.41, 5.74) is -0.857. The number of hydrogen-bond acceptors (Lipinski definition) is 5. The number of carboxylic acid groups (broad SMARTS) is 1. The van der Waals surface area contributed by atoms with Gasteiger partial charge < -0.3 is 19.9 Å². The molecule has 25 heavy (non-hydrogen) atoms. The third-order valence-corrected chi connectivity index (χ3v) is 4.83. The number of carbonyl (C=O) groups excluding carboxylic acids is 1. The Morgan fingerprint density at radius 1 is 1.36 bits per heavy atom. The first-order valence-corrected chi connectivity index (χ1v) is 8.64. The fourth-order valence-electron chi connectivity index (χ4n) is 3.12. The van der Waals surface area contributed by atoms with Crippen LogP contribution in [0.4, 0.5) is 0 Å². The maximum Gasteiger partial charge on any atom is 0.329 e. The predicted molar refractivity (Wildman–Crippen MR) is 91.7 cm³/mol. The van der Waals surface area contributed by atoms with Gasteiger partial charge in [0.15, 0.2) is 0 Å². The number of nitrogens with zero attached hydrogens (tertiary/aromatic N) is 1. The summed E-state index contributed by atoms with van der Waals surface area (Å²) in [4.78, 5) is 28.4. The second-order valence-corrected chi connectivity index (χ2v) is 6.42. The molecule has 0 atom stereocenters. The summed E-state index contributed by atoms with van der Waals surface area (Å²) in [6, 6.07) is 3.06. The maximum absolute atomic E-state index is 12.6. The Hall–Kier alpha value is -2.15. The number of carbonyl (C=O) groups is 2. The Kier molecular flexibility index (Phi) is 6.75. The highest BCUT2D eigenvalue weighted by Gasteiger charge is 2.43. The Morgan fingerprint density at radius 3 is 2.68 bits per heavy atom. The number of aromatic nitrogens is 1. The Labute approximate surface area is 147 Å². The molecule has 7 nitrogen and oxygen atoms in total. The van der Waals surface area contributed by atoms with Gasteiger partial charge in [-0.15, -0.1) is 0 Å². The fraction of sp³-hybridized carbons (Fsp3) is 0.611. The molecule has 1 fully saturated rings. The molecule has 1 saturated carbocycles. The lowest BCUT2D eigenvalue weighted by molar-refractivity contribution is -0.146. The van der Waals surface area contributed by atoms with Gasteiger partial charge in [0.1, 0.15) is 12.1 Å². The standard InChI is InChI=1S/C18H26N2O5/c1-3-13-4-7-18(8-5-13,17(22)23)20-16(21)14-6-9-19-15(12-14)25-11-10-24-2/h6,9,12-13H,3-5,7-8,10-11H2,1-2H3,(H,20,21)(H,22,23). The monoisotopic (exact) mass is 350 g/mol. The van der Waals surface area contributed by atoms with Gasteiger partial charge in [0.05, 0.1) is 6.61 Å². The smallest absolute Gasteiger partial charge is 0.329 e. The van der Waals surface area contributed by atoms with Crippen molar-refractivity contribution in [3.8, 4) is 5.88 Å². The highest BCUT2D eigenvalue weighted by atomic mass is 16.5. The predicted octanol–water partition coefficient (Wildman–Crippen LogP) is 2.26. The fourth-order valence-corrected chi connectivity index (χ4v) is 3.12. The molecule has 0 aliphatic heterocycles. The summed E-state index contributed by atoms with van der Waals surface area (Å²) in [7, 11) is 1.57. The number of amides is 1. The van der Waals surface area contributed by atoms with Gasteiger partial charge in [-0.3, -0.25) is 4.79 Å². The molecule has 0 saturated heterocycles. The van der Waals surface area contributed by atoms with E-state index >= 15 is 0 Å². The van der Waals surface area contributed by atoms with Crippen LogP contribution in [0.3, 0.4) is 0 Å². The Bertz CT molecular complexity index is 597. The van der Waals surface area contributed by atoms with Crippen molar-refractivity contribution in [3.05, 3.63) is 23.9 Å². The number of carboxylic acids is 1. The second-order valence-electron chi connectivity index (χ2n) is 6.42. The van der Waals surface area contributed by atoms with E-state index in [1.54, 1.807) is 13.2 Å². The summed E-state index contributed by atoms with van der Waals surface area (Å²) >= 11 is 0. The lowest BCUT2D eigenvalue weighted by atomic mass is 9.75.